The molecule has 0 bridgehead atoms. The first-order valence-corrected chi connectivity index (χ1v) is 12.5. The molecule has 1 rings (SSSR count). The zero-order valence-electron chi connectivity index (χ0n) is 18.2. The van der Waals surface area contributed by atoms with E-state index in [1.165, 1.54) is 18.7 Å². The van der Waals surface area contributed by atoms with E-state index in [4.69, 9.17) is 0 Å². The zero-order valence-corrected chi connectivity index (χ0v) is 20.0. The summed E-state index contributed by atoms with van der Waals surface area (Å²) in [7, 11) is 0.159. The molecule has 1 aliphatic rings. The number of hydrogen-bond donors (Lipinski definition) is 0. The molecule has 0 heterocycles. The highest BCUT2D eigenvalue weighted by molar-refractivity contribution is 7.61. The Morgan fingerprint density at radius 1 is 0.522 bits per heavy atom. The summed E-state index contributed by atoms with van der Waals surface area (Å²) in [6, 6.07) is 0. The molecular weight excluding hydrogens is 314 g/mol. The standard InChI is InChI=1S/C21H44P2/c1-18(2,3)22(19(4,5)6)14-16-13-17(16)15-23(20(7,8)9)21(10,11)12/h16-17H,13-15H2,1-12H3. The Balaban J connectivity index is 2.73. The molecule has 0 amide bonds. The van der Waals surface area contributed by atoms with Crippen molar-refractivity contribution in [2.24, 2.45) is 11.8 Å². The van der Waals surface area contributed by atoms with E-state index in [0.29, 0.717) is 20.6 Å². The molecule has 0 aromatic rings. The molecule has 0 nitrogen and oxygen atoms in total. The summed E-state index contributed by atoms with van der Waals surface area (Å²) in [5, 5.41) is 1.94. The molecule has 0 radical (unpaired) electrons. The van der Waals surface area contributed by atoms with Crippen LogP contribution in [-0.2, 0) is 0 Å². The smallest absolute Gasteiger partial charge is 0.0175 e. The maximum atomic E-state index is 2.47. The largest absolute Gasteiger partial charge is 0.0954 e. The lowest BCUT2D eigenvalue weighted by Gasteiger charge is -2.43. The van der Waals surface area contributed by atoms with Crippen LogP contribution < -0.4 is 0 Å². The van der Waals surface area contributed by atoms with Crippen LogP contribution in [0.4, 0.5) is 0 Å². The van der Waals surface area contributed by atoms with Gasteiger partial charge in [-0.25, -0.2) is 0 Å². The molecule has 1 fully saturated rings. The van der Waals surface area contributed by atoms with Crippen LogP contribution in [0, 0.1) is 11.8 Å². The van der Waals surface area contributed by atoms with E-state index < -0.39 is 0 Å². The monoisotopic (exact) mass is 358 g/mol. The molecule has 0 saturated heterocycles. The Hall–Kier alpha value is 0.860. The van der Waals surface area contributed by atoms with Crippen molar-refractivity contribution in [3.63, 3.8) is 0 Å². The fraction of sp³-hybridized carbons (Fsp3) is 1.00. The predicted molar refractivity (Wildman–Crippen MR) is 114 cm³/mol. The van der Waals surface area contributed by atoms with Crippen molar-refractivity contribution in [3.05, 3.63) is 0 Å². The maximum absolute atomic E-state index is 2.47. The third-order valence-electron chi connectivity index (χ3n) is 5.14. The summed E-state index contributed by atoms with van der Waals surface area (Å²) in [6.07, 6.45) is 4.52. The lowest BCUT2D eigenvalue weighted by molar-refractivity contribution is 0.680. The molecule has 0 aromatic carbocycles. The van der Waals surface area contributed by atoms with Crippen LogP contribution in [0.25, 0.3) is 0 Å². The van der Waals surface area contributed by atoms with Crippen molar-refractivity contribution in [2.45, 2.75) is 110 Å². The van der Waals surface area contributed by atoms with Gasteiger partial charge < -0.3 is 0 Å². The van der Waals surface area contributed by atoms with Gasteiger partial charge in [0, 0.05) is 0 Å². The summed E-state index contributed by atoms with van der Waals surface area (Å²) < 4.78 is 0. The van der Waals surface area contributed by atoms with Crippen LogP contribution >= 0.6 is 15.8 Å². The predicted octanol–water partition coefficient (Wildman–Crippen LogP) is 7.78. The van der Waals surface area contributed by atoms with Crippen LogP contribution in [0.15, 0.2) is 0 Å². The first-order valence-electron chi connectivity index (χ1n) is 9.49. The highest BCUT2D eigenvalue weighted by atomic mass is 31.1. The minimum Gasteiger partial charge on any atom is -0.0954 e. The molecular formula is C21H44P2. The van der Waals surface area contributed by atoms with Crippen LogP contribution in [0.2, 0.25) is 0 Å². The van der Waals surface area contributed by atoms with Gasteiger partial charge in [-0.3, -0.25) is 0 Å². The fourth-order valence-electron chi connectivity index (χ4n) is 4.33. The average Bonchev–Trinajstić information content (AvgIpc) is 2.94. The van der Waals surface area contributed by atoms with Crippen LogP contribution in [0.1, 0.15) is 89.5 Å². The summed E-state index contributed by atoms with van der Waals surface area (Å²) >= 11 is 0. The highest BCUT2D eigenvalue weighted by Crippen LogP contribution is 2.67. The van der Waals surface area contributed by atoms with E-state index in [2.05, 4.69) is 83.1 Å². The number of hydrogen-bond acceptors (Lipinski definition) is 0. The molecule has 0 aromatic heterocycles. The van der Waals surface area contributed by atoms with Gasteiger partial charge in [-0.2, -0.15) is 0 Å². The Kier molecular flexibility index (Phi) is 6.55. The lowest BCUT2D eigenvalue weighted by Crippen LogP contribution is -2.28. The molecule has 1 saturated carbocycles. The van der Waals surface area contributed by atoms with Gasteiger partial charge >= 0.3 is 0 Å². The first kappa shape index (κ1) is 21.9. The van der Waals surface area contributed by atoms with Gasteiger partial charge in [0.1, 0.15) is 0 Å². The number of rotatable bonds is 4. The topological polar surface area (TPSA) is 0 Å². The summed E-state index contributed by atoms with van der Waals surface area (Å²) in [4.78, 5) is 0. The van der Waals surface area contributed by atoms with E-state index in [1.54, 1.807) is 0 Å². The van der Waals surface area contributed by atoms with Crippen LogP contribution in [0.5, 0.6) is 0 Å². The summed E-state index contributed by atoms with van der Waals surface area (Å²) in [6.45, 7) is 29.6. The van der Waals surface area contributed by atoms with Gasteiger partial charge in [0.05, 0.1) is 0 Å². The van der Waals surface area contributed by atoms with Crippen molar-refractivity contribution in [3.8, 4) is 0 Å². The van der Waals surface area contributed by atoms with E-state index in [0.717, 1.165) is 11.8 Å². The van der Waals surface area contributed by atoms with Crippen molar-refractivity contribution < 1.29 is 0 Å². The van der Waals surface area contributed by atoms with E-state index in [-0.39, 0.29) is 15.8 Å². The zero-order chi connectivity index (χ0) is 18.4. The SMILES string of the molecule is CC(C)(C)P(CC1CC1CP(C(C)(C)C)C(C)(C)C)C(C)(C)C. The first-order chi connectivity index (χ1) is 9.94. The summed E-state index contributed by atoms with van der Waals surface area (Å²) in [5.74, 6) is 2.04. The molecule has 0 N–H and O–H groups in total. The van der Waals surface area contributed by atoms with Crippen molar-refractivity contribution in [2.75, 3.05) is 12.3 Å². The Morgan fingerprint density at radius 3 is 0.913 bits per heavy atom. The van der Waals surface area contributed by atoms with Crippen molar-refractivity contribution in [1.29, 1.82) is 0 Å². The molecule has 2 atom stereocenters. The lowest BCUT2D eigenvalue weighted by atomic mass is 10.2. The van der Waals surface area contributed by atoms with Gasteiger partial charge in [0.25, 0.3) is 0 Å². The minimum absolute atomic E-state index is 0.0797. The van der Waals surface area contributed by atoms with Gasteiger partial charge in [-0.05, 0) is 51.2 Å². The minimum atomic E-state index is 0.0797. The Morgan fingerprint density at radius 2 is 0.739 bits per heavy atom. The van der Waals surface area contributed by atoms with Crippen LogP contribution in [-0.4, -0.2) is 32.9 Å². The maximum Gasteiger partial charge on any atom is -0.0175 e. The van der Waals surface area contributed by atoms with Crippen molar-refractivity contribution >= 4 is 15.8 Å². The third kappa shape index (κ3) is 6.59. The molecule has 2 unspecified atom stereocenters. The second kappa shape index (κ2) is 6.88. The third-order valence-corrected chi connectivity index (χ3v) is 13.3. The Labute approximate surface area is 150 Å². The molecule has 138 valence electrons. The second-order valence-corrected chi connectivity index (χ2v) is 19.5. The summed E-state index contributed by atoms with van der Waals surface area (Å²) in [5.41, 5.74) is 0. The molecule has 0 spiro atoms. The van der Waals surface area contributed by atoms with Gasteiger partial charge in [-0.15, -0.1) is 0 Å². The molecule has 1 aliphatic carbocycles. The highest BCUT2D eigenvalue weighted by Gasteiger charge is 2.47. The van der Waals surface area contributed by atoms with Crippen LogP contribution in [0.3, 0.4) is 0 Å². The fourth-order valence-corrected chi connectivity index (χ4v) is 12.4. The van der Waals surface area contributed by atoms with Gasteiger partial charge in [0.2, 0.25) is 0 Å². The molecule has 23 heavy (non-hydrogen) atoms. The average molecular weight is 359 g/mol. The van der Waals surface area contributed by atoms with E-state index in [9.17, 15) is 0 Å². The molecule has 2 heteroatoms. The van der Waals surface area contributed by atoms with Gasteiger partial charge in [0.15, 0.2) is 0 Å². The second-order valence-electron chi connectivity index (χ2n) is 11.7. The quantitative estimate of drug-likeness (QED) is 0.450. The van der Waals surface area contributed by atoms with Gasteiger partial charge in [-0.1, -0.05) is 98.9 Å². The molecule has 0 aliphatic heterocycles. The normalized spacial score (nSPS) is 23.7. The van der Waals surface area contributed by atoms with E-state index in [1.807, 2.05) is 0 Å². The van der Waals surface area contributed by atoms with E-state index >= 15 is 0 Å². The van der Waals surface area contributed by atoms with Crippen molar-refractivity contribution in [1.82, 2.24) is 0 Å². The Bertz CT molecular complexity index is 318.